The van der Waals surface area contributed by atoms with Crippen molar-refractivity contribution in [3.8, 4) is 5.95 Å². The van der Waals surface area contributed by atoms with Gasteiger partial charge in [-0.2, -0.15) is 0 Å². The van der Waals surface area contributed by atoms with Gasteiger partial charge in [0.1, 0.15) is 5.82 Å². The molecule has 1 unspecified atom stereocenters. The zero-order valence-electron chi connectivity index (χ0n) is 15.0. The van der Waals surface area contributed by atoms with Crippen LogP contribution in [0.1, 0.15) is 12.2 Å². The van der Waals surface area contributed by atoms with Gasteiger partial charge in [-0.3, -0.25) is 14.2 Å². The van der Waals surface area contributed by atoms with Gasteiger partial charge in [0.25, 0.3) is 0 Å². The molecule has 9 heteroatoms. The molecule has 8 nitrogen and oxygen atoms in total. The Hall–Kier alpha value is -3.26. The second-order valence-electron chi connectivity index (χ2n) is 6.49. The Morgan fingerprint density at radius 3 is 2.54 bits per heavy atom. The molecule has 1 aromatic carbocycles. The van der Waals surface area contributed by atoms with E-state index in [1.54, 1.807) is 46.1 Å². The Morgan fingerprint density at radius 1 is 1.18 bits per heavy atom. The zero-order chi connectivity index (χ0) is 19.7. The second-order valence-corrected chi connectivity index (χ2v) is 6.92. The molecule has 1 aliphatic heterocycles. The Kier molecular flexibility index (Phi) is 4.79. The van der Waals surface area contributed by atoms with Gasteiger partial charge in [0, 0.05) is 36.1 Å². The minimum atomic E-state index is -0.446. The molecule has 142 valence electrons. The number of aryl methyl sites for hydroxylation is 1. The van der Waals surface area contributed by atoms with E-state index in [0.717, 1.165) is 11.5 Å². The molecule has 1 saturated heterocycles. The van der Waals surface area contributed by atoms with Crippen LogP contribution < -0.4 is 10.2 Å². The molecule has 1 N–H and O–H groups in total. The van der Waals surface area contributed by atoms with Crippen LogP contribution in [0.3, 0.4) is 0 Å². The third-order valence-corrected chi connectivity index (χ3v) is 4.83. The van der Waals surface area contributed by atoms with Crippen molar-refractivity contribution >= 4 is 34.8 Å². The first-order valence-corrected chi connectivity index (χ1v) is 9.08. The summed E-state index contributed by atoms with van der Waals surface area (Å²) in [4.78, 5) is 39.1. The van der Waals surface area contributed by atoms with Crippen molar-refractivity contribution in [1.82, 2.24) is 19.5 Å². The SMILES string of the molecule is Cc1nccn1-c1ncc(NC(=O)C2CC(=O)N(c3ccc(Cl)cc3)C2)cn1. The lowest BCUT2D eigenvalue weighted by Gasteiger charge is -2.16. The number of hydrogen-bond donors (Lipinski definition) is 1. The predicted molar refractivity (Wildman–Crippen MR) is 104 cm³/mol. The lowest BCUT2D eigenvalue weighted by molar-refractivity contribution is -0.122. The first-order chi connectivity index (χ1) is 13.5. The van der Waals surface area contributed by atoms with Gasteiger partial charge in [0.15, 0.2) is 0 Å². The normalized spacial score (nSPS) is 16.4. The van der Waals surface area contributed by atoms with Gasteiger partial charge in [-0.25, -0.2) is 15.0 Å². The minimum absolute atomic E-state index is 0.0929. The minimum Gasteiger partial charge on any atom is -0.323 e. The van der Waals surface area contributed by atoms with E-state index in [9.17, 15) is 9.59 Å². The van der Waals surface area contributed by atoms with E-state index in [1.807, 2.05) is 6.92 Å². The monoisotopic (exact) mass is 396 g/mol. The number of aromatic nitrogens is 4. The topological polar surface area (TPSA) is 93.0 Å². The summed E-state index contributed by atoms with van der Waals surface area (Å²) in [6, 6.07) is 6.98. The van der Waals surface area contributed by atoms with Crippen LogP contribution in [-0.4, -0.2) is 37.9 Å². The summed E-state index contributed by atoms with van der Waals surface area (Å²) in [7, 11) is 0. The Bertz CT molecular complexity index is 1020. The summed E-state index contributed by atoms with van der Waals surface area (Å²) in [5.74, 6) is 0.463. The molecule has 0 spiro atoms. The number of hydrogen-bond acceptors (Lipinski definition) is 5. The third kappa shape index (κ3) is 3.59. The fourth-order valence-electron chi connectivity index (χ4n) is 3.10. The standard InChI is InChI=1S/C19H17ClN6O2/c1-12-21-6-7-25(12)19-22-9-15(10-23-19)24-18(28)13-8-17(27)26(11-13)16-4-2-14(20)3-5-16/h2-7,9-10,13H,8,11H2,1H3,(H,24,28). The summed E-state index contributed by atoms with van der Waals surface area (Å²) in [6.07, 6.45) is 6.65. The molecule has 0 aliphatic carbocycles. The van der Waals surface area contributed by atoms with E-state index in [0.29, 0.717) is 23.2 Å². The van der Waals surface area contributed by atoms with Crippen LogP contribution >= 0.6 is 11.6 Å². The number of nitrogens with one attached hydrogen (secondary N) is 1. The third-order valence-electron chi connectivity index (χ3n) is 4.58. The van der Waals surface area contributed by atoms with Crippen molar-refractivity contribution in [3.63, 3.8) is 0 Å². The average Bonchev–Trinajstić information content (AvgIpc) is 3.29. The van der Waals surface area contributed by atoms with Gasteiger partial charge in [-0.05, 0) is 31.2 Å². The predicted octanol–water partition coefficient (Wildman–Crippen LogP) is 2.62. The van der Waals surface area contributed by atoms with Crippen molar-refractivity contribution in [2.75, 3.05) is 16.8 Å². The van der Waals surface area contributed by atoms with E-state index in [1.165, 1.54) is 12.4 Å². The number of carbonyl (C=O) groups excluding carboxylic acids is 2. The maximum absolute atomic E-state index is 12.6. The molecule has 0 saturated carbocycles. The molecule has 2 aromatic heterocycles. The quantitative estimate of drug-likeness (QED) is 0.731. The van der Waals surface area contributed by atoms with Crippen molar-refractivity contribution in [2.45, 2.75) is 13.3 Å². The van der Waals surface area contributed by atoms with Gasteiger partial charge < -0.3 is 10.2 Å². The summed E-state index contributed by atoms with van der Waals surface area (Å²) in [6.45, 7) is 2.17. The van der Waals surface area contributed by atoms with Crippen LogP contribution in [0.2, 0.25) is 5.02 Å². The van der Waals surface area contributed by atoms with E-state index in [-0.39, 0.29) is 18.2 Å². The van der Waals surface area contributed by atoms with Crippen molar-refractivity contribution in [3.05, 3.63) is 59.9 Å². The van der Waals surface area contributed by atoms with E-state index in [4.69, 9.17) is 11.6 Å². The molecule has 0 bridgehead atoms. The molecule has 3 aromatic rings. The fourth-order valence-corrected chi connectivity index (χ4v) is 3.22. The summed E-state index contributed by atoms with van der Waals surface area (Å²) in [5, 5.41) is 3.38. The van der Waals surface area contributed by atoms with Crippen LogP contribution in [0.4, 0.5) is 11.4 Å². The Morgan fingerprint density at radius 2 is 1.89 bits per heavy atom. The molecule has 1 atom stereocenters. The zero-order valence-corrected chi connectivity index (χ0v) is 15.8. The number of benzene rings is 1. The van der Waals surface area contributed by atoms with Crippen LogP contribution in [0.15, 0.2) is 49.1 Å². The van der Waals surface area contributed by atoms with Crippen LogP contribution in [0.25, 0.3) is 5.95 Å². The van der Waals surface area contributed by atoms with Gasteiger partial charge in [0.05, 0.1) is 24.0 Å². The molecule has 3 heterocycles. The number of rotatable bonds is 4. The lowest BCUT2D eigenvalue weighted by atomic mass is 10.1. The number of amides is 2. The highest BCUT2D eigenvalue weighted by atomic mass is 35.5. The highest BCUT2D eigenvalue weighted by Gasteiger charge is 2.35. The van der Waals surface area contributed by atoms with Crippen molar-refractivity contribution in [2.24, 2.45) is 5.92 Å². The molecule has 2 amide bonds. The fraction of sp³-hybridized carbons (Fsp3) is 0.211. The van der Waals surface area contributed by atoms with E-state index >= 15 is 0 Å². The van der Waals surface area contributed by atoms with Crippen molar-refractivity contribution < 1.29 is 9.59 Å². The summed E-state index contributed by atoms with van der Waals surface area (Å²) >= 11 is 5.89. The summed E-state index contributed by atoms with van der Waals surface area (Å²) in [5.41, 5.74) is 1.21. The number of anilines is 2. The average molecular weight is 397 g/mol. The van der Waals surface area contributed by atoms with E-state index < -0.39 is 5.92 Å². The first kappa shape index (κ1) is 18.1. The Labute approximate surface area is 166 Å². The van der Waals surface area contributed by atoms with Gasteiger partial charge >= 0.3 is 0 Å². The van der Waals surface area contributed by atoms with E-state index in [2.05, 4.69) is 20.3 Å². The van der Waals surface area contributed by atoms with Crippen LogP contribution in [-0.2, 0) is 9.59 Å². The molecular weight excluding hydrogens is 380 g/mol. The molecule has 0 radical (unpaired) electrons. The second kappa shape index (κ2) is 7.40. The molecule has 28 heavy (non-hydrogen) atoms. The lowest BCUT2D eigenvalue weighted by Crippen LogP contribution is -2.28. The maximum Gasteiger partial charge on any atom is 0.235 e. The smallest absolute Gasteiger partial charge is 0.235 e. The Balaban J connectivity index is 1.42. The maximum atomic E-state index is 12.6. The highest BCUT2D eigenvalue weighted by molar-refractivity contribution is 6.30. The molecule has 1 fully saturated rings. The number of imidazole rings is 1. The number of nitrogens with zero attached hydrogens (tertiary/aromatic N) is 5. The van der Waals surface area contributed by atoms with Crippen LogP contribution in [0, 0.1) is 12.8 Å². The highest BCUT2D eigenvalue weighted by Crippen LogP contribution is 2.27. The van der Waals surface area contributed by atoms with Gasteiger partial charge in [0.2, 0.25) is 17.8 Å². The molecule has 1 aliphatic rings. The van der Waals surface area contributed by atoms with Gasteiger partial charge in [-0.15, -0.1) is 0 Å². The van der Waals surface area contributed by atoms with Crippen molar-refractivity contribution in [1.29, 1.82) is 0 Å². The molecular formula is C19H17ClN6O2. The van der Waals surface area contributed by atoms with Crippen LogP contribution in [0.5, 0.6) is 0 Å². The first-order valence-electron chi connectivity index (χ1n) is 8.70. The number of carbonyl (C=O) groups is 2. The van der Waals surface area contributed by atoms with Gasteiger partial charge in [-0.1, -0.05) is 11.6 Å². The number of halogens is 1. The largest absolute Gasteiger partial charge is 0.323 e. The molecule has 4 rings (SSSR count). The summed E-state index contributed by atoms with van der Waals surface area (Å²) < 4.78 is 1.74.